The molecule has 0 bridgehead atoms. The molecule has 2 aliphatic heterocycles. The van der Waals surface area contributed by atoms with Crippen molar-refractivity contribution in [2.75, 3.05) is 40.5 Å². The van der Waals surface area contributed by atoms with Crippen molar-refractivity contribution in [3.05, 3.63) is 0 Å². The lowest BCUT2D eigenvalue weighted by atomic mass is 9.94. The summed E-state index contributed by atoms with van der Waals surface area (Å²) in [5.41, 5.74) is 0. The van der Waals surface area contributed by atoms with Crippen LogP contribution in [0, 0.1) is 5.92 Å². The van der Waals surface area contributed by atoms with Crippen molar-refractivity contribution in [1.82, 2.24) is 9.96 Å². The van der Waals surface area contributed by atoms with E-state index in [1.165, 1.54) is 12.2 Å². The van der Waals surface area contributed by atoms with Gasteiger partial charge in [-0.25, -0.2) is 5.06 Å². The highest BCUT2D eigenvalue weighted by Gasteiger charge is 2.32. The molecule has 0 radical (unpaired) electrons. The Hall–Kier alpha value is -0.650. The first-order valence-electron chi connectivity index (χ1n) is 5.86. The SMILES string of the molecule is CON(C)C(=O)C1CCN(C2COC2)CC1. The molecule has 92 valence electrons. The van der Waals surface area contributed by atoms with E-state index in [4.69, 9.17) is 9.57 Å². The van der Waals surface area contributed by atoms with Crippen LogP contribution >= 0.6 is 0 Å². The van der Waals surface area contributed by atoms with Crippen molar-refractivity contribution in [2.24, 2.45) is 5.92 Å². The zero-order valence-corrected chi connectivity index (χ0v) is 10.0. The number of hydroxylamine groups is 2. The minimum atomic E-state index is 0.104. The predicted molar refractivity (Wildman–Crippen MR) is 58.7 cm³/mol. The average molecular weight is 228 g/mol. The lowest BCUT2D eigenvalue weighted by Gasteiger charge is -2.41. The van der Waals surface area contributed by atoms with Crippen molar-refractivity contribution in [3.63, 3.8) is 0 Å². The molecule has 2 fully saturated rings. The highest BCUT2D eigenvalue weighted by molar-refractivity contribution is 5.77. The first-order chi connectivity index (χ1) is 7.72. The van der Waals surface area contributed by atoms with E-state index in [0.29, 0.717) is 6.04 Å². The zero-order valence-electron chi connectivity index (χ0n) is 10.0. The van der Waals surface area contributed by atoms with Gasteiger partial charge >= 0.3 is 0 Å². The third kappa shape index (κ3) is 2.36. The quantitative estimate of drug-likeness (QED) is 0.643. The Morgan fingerprint density at radius 2 is 2.00 bits per heavy atom. The molecule has 0 aromatic carbocycles. The van der Waals surface area contributed by atoms with Crippen LogP contribution in [-0.2, 0) is 14.4 Å². The van der Waals surface area contributed by atoms with Gasteiger partial charge in [-0.2, -0.15) is 0 Å². The van der Waals surface area contributed by atoms with E-state index < -0.39 is 0 Å². The number of hydrogen-bond donors (Lipinski definition) is 0. The number of carbonyl (C=O) groups is 1. The predicted octanol–water partition coefficient (Wildman–Crippen LogP) is 0.117. The molecule has 0 aromatic rings. The zero-order chi connectivity index (χ0) is 11.5. The third-order valence-electron chi connectivity index (χ3n) is 3.60. The van der Waals surface area contributed by atoms with Crippen molar-refractivity contribution >= 4 is 5.91 Å². The summed E-state index contributed by atoms with van der Waals surface area (Å²) >= 11 is 0. The van der Waals surface area contributed by atoms with E-state index in [2.05, 4.69) is 4.90 Å². The van der Waals surface area contributed by atoms with Crippen LogP contribution < -0.4 is 0 Å². The monoisotopic (exact) mass is 228 g/mol. The van der Waals surface area contributed by atoms with Crippen molar-refractivity contribution in [3.8, 4) is 0 Å². The average Bonchev–Trinajstić information content (AvgIpc) is 2.26. The lowest BCUT2D eigenvalue weighted by Crippen LogP contribution is -2.52. The largest absolute Gasteiger partial charge is 0.378 e. The number of piperidine rings is 1. The smallest absolute Gasteiger partial charge is 0.249 e. The Morgan fingerprint density at radius 3 is 2.44 bits per heavy atom. The lowest BCUT2D eigenvalue weighted by molar-refractivity contribution is -0.175. The van der Waals surface area contributed by atoms with Gasteiger partial charge in [-0.3, -0.25) is 14.5 Å². The number of carbonyl (C=O) groups excluding carboxylic acids is 1. The second kappa shape index (κ2) is 5.12. The van der Waals surface area contributed by atoms with E-state index in [1.807, 2.05) is 0 Å². The summed E-state index contributed by atoms with van der Waals surface area (Å²) in [5, 5.41) is 1.34. The number of rotatable bonds is 3. The van der Waals surface area contributed by atoms with Gasteiger partial charge in [-0.15, -0.1) is 0 Å². The van der Waals surface area contributed by atoms with E-state index >= 15 is 0 Å². The van der Waals surface area contributed by atoms with Gasteiger partial charge in [-0.05, 0) is 25.9 Å². The number of hydrogen-bond acceptors (Lipinski definition) is 4. The number of likely N-dealkylation sites (tertiary alicyclic amines) is 1. The molecule has 2 aliphatic rings. The Labute approximate surface area is 96.2 Å². The summed E-state index contributed by atoms with van der Waals surface area (Å²) in [7, 11) is 3.20. The number of nitrogens with zero attached hydrogens (tertiary/aromatic N) is 2. The highest BCUT2D eigenvalue weighted by atomic mass is 16.7. The van der Waals surface area contributed by atoms with Gasteiger partial charge in [0.15, 0.2) is 0 Å². The second-order valence-electron chi connectivity index (χ2n) is 4.52. The van der Waals surface area contributed by atoms with E-state index in [-0.39, 0.29) is 11.8 Å². The Balaban J connectivity index is 1.77. The van der Waals surface area contributed by atoms with Gasteiger partial charge in [0.25, 0.3) is 0 Å². The number of amides is 1. The van der Waals surface area contributed by atoms with Crippen LogP contribution in [0.4, 0.5) is 0 Å². The van der Waals surface area contributed by atoms with Gasteiger partial charge in [0, 0.05) is 13.0 Å². The minimum absolute atomic E-state index is 0.104. The first-order valence-corrected chi connectivity index (χ1v) is 5.86. The summed E-state index contributed by atoms with van der Waals surface area (Å²) in [4.78, 5) is 19.2. The second-order valence-corrected chi connectivity index (χ2v) is 4.52. The molecule has 0 saturated carbocycles. The Bertz CT molecular complexity index is 248. The molecule has 0 unspecified atom stereocenters. The van der Waals surface area contributed by atoms with Crippen LogP contribution in [0.25, 0.3) is 0 Å². The molecule has 0 atom stereocenters. The molecular weight excluding hydrogens is 208 g/mol. The Morgan fingerprint density at radius 1 is 1.38 bits per heavy atom. The maximum Gasteiger partial charge on any atom is 0.249 e. The normalized spacial score (nSPS) is 24.1. The molecule has 2 heterocycles. The highest BCUT2D eigenvalue weighted by Crippen LogP contribution is 2.23. The minimum Gasteiger partial charge on any atom is -0.378 e. The maximum atomic E-state index is 11.8. The van der Waals surface area contributed by atoms with Gasteiger partial charge in [0.05, 0.1) is 26.4 Å². The topological polar surface area (TPSA) is 42.0 Å². The fraction of sp³-hybridized carbons (Fsp3) is 0.909. The molecular formula is C11H20N2O3. The molecule has 0 N–H and O–H groups in total. The summed E-state index contributed by atoms with van der Waals surface area (Å²) in [5.74, 6) is 0.231. The van der Waals surface area contributed by atoms with Gasteiger partial charge in [-0.1, -0.05) is 0 Å². The maximum absolute atomic E-state index is 11.8. The molecule has 0 aromatic heterocycles. The molecule has 16 heavy (non-hydrogen) atoms. The van der Waals surface area contributed by atoms with Gasteiger partial charge in [0.1, 0.15) is 0 Å². The fourth-order valence-electron chi connectivity index (χ4n) is 2.29. The van der Waals surface area contributed by atoms with Gasteiger partial charge < -0.3 is 4.74 Å². The summed E-state index contributed by atoms with van der Waals surface area (Å²) in [6.07, 6.45) is 1.87. The molecule has 0 spiro atoms. The molecule has 5 heteroatoms. The van der Waals surface area contributed by atoms with Crippen LogP contribution in [0.15, 0.2) is 0 Å². The molecule has 2 saturated heterocycles. The first kappa shape index (κ1) is 11.8. The van der Waals surface area contributed by atoms with E-state index in [0.717, 1.165) is 39.1 Å². The Kier molecular flexibility index (Phi) is 3.78. The summed E-state index contributed by atoms with van der Waals surface area (Å²) < 4.78 is 5.18. The van der Waals surface area contributed by atoms with Crippen LogP contribution in [0.2, 0.25) is 0 Å². The van der Waals surface area contributed by atoms with Crippen LogP contribution in [0.5, 0.6) is 0 Å². The molecule has 1 amide bonds. The van der Waals surface area contributed by atoms with Crippen LogP contribution in [0.3, 0.4) is 0 Å². The summed E-state index contributed by atoms with van der Waals surface area (Å²) in [6.45, 7) is 3.72. The number of ether oxygens (including phenoxy) is 1. The van der Waals surface area contributed by atoms with Crippen molar-refractivity contribution in [2.45, 2.75) is 18.9 Å². The van der Waals surface area contributed by atoms with Crippen LogP contribution in [0.1, 0.15) is 12.8 Å². The van der Waals surface area contributed by atoms with Crippen molar-refractivity contribution < 1.29 is 14.4 Å². The molecule has 5 nitrogen and oxygen atoms in total. The molecule has 2 rings (SSSR count). The summed E-state index contributed by atoms with van der Waals surface area (Å²) in [6, 6.07) is 0.594. The van der Waals surface area contributed by atoms with Crippen molar-refractivity contribution in [1.29, 1.82) is 0 Å². The molecule has 0 aliphatic carbocycles. The van der Waals surface area contributed by atoms with Gasteiger partial charge in [0.2, 0.25) is 5.91 Å². The van der Waals surface area contributed by atoms with E-state index in [9.17, 15) is 4.79 Å². The van der Waals surface area contributed by atoms with E-state index in [1.54, 1.807) is 7.05 Å². The third-order valence-corrected chi connectivity index (χ3v) is 3.60. The van der Waals surface area contributed by atoms with Crippen LogP contribution in [-0.4, -0.2) is 62.4 Å². The standard InChI is InChI=1S/C11H20N2O3/c1-12(15-2)11(14)9-3-5-13(6-4-9)10-7-16-8-10/h9-10H,3-8H2,1-2H3. The fourth-order valence-corrected chi connectivity index (χ4v) is 2.29.